The van der Waals surface area contributed by atoms with Gasteiger partial charge in [0.05, 0.1) is 18.8 Å². The third-order valence-electron chi connectivity index (χ3n) is 4.04. The minimum Gasteiger partial charge on any atom is -0.495 e. The molecule has 0 saturated heterocycles. The smallest absolute Gasteiger partial charge is 0.319 e. The summed E-state index contributed by atoms with van der Waals surface area (Å²) < 4.78 is 11.3. The van der Waals surface area contributed by atoms with E-state index in [0.29, 0.717) is 17.9 Å². The molecule has 2 aromatic carbocycles. The van der Waals surface area contributed by atoms with Crippen molar-refractivity contribution < 1.29 is 14.3 Å². The molecule has 1 atom stereocenters. The number of anilines is 1. The fourth-order valence-electron chi connectivity index (χ4n) is 3.00. The topological polar surface area (TPSA) is 59.6 Å². The van der Waals surface area contributed by atoms with Gasteiger partial charge in [-0.25, -0.2) is 4.79 Å². The Balaban J connectivity index is 1.77. The number of urea groups is 1. The number of benzene rings is 2. The van der Waals surface area contributed by atoms with Crippen LogP contribution in [0.25, 0.3) is 0 Å². The molecule has 5 nitrogen and oxygen atoms in total. The first-order valence-electron chi connectivity index (χ1n) is 7.97. The molecule has 2 amide bonds. The highest BCUT2D eigenvalue weighted by Gasteiger charge is 2.34. The van der Waals surface area contributed by atoms with Crippen molar-refractivity contribution in [2.75, 3.05) is 12.4 Å². The molecule has 0 unspecified atom stereocenters. The summed E-state index contributed by atoms with van der Waals surface area (Å²) in [6.45, 7) is 4.05. The molecule has 2 aromatic rings. The zero-order valence-electron chi connectivity index (χ0n) is 14.1. The molecule has 24 heavy (non-hydrogen) atoms. The fraction of sp³-hybridized carbons (Fsp3) is 0.316. The van der Waals surface area contributed by atoms with Gasteiger partial charge in [0.25, 0.3) is 0 Å². The highest BCUT2D eigenvalue weighted by molar-refractivity contribution is 5.91. The van der Waals surface area contributed by atoms with Gasteiger partial charge < -0.3 is 20.1 Å². The number of nitrogens with one attached hydrogen (secondary N) is 2. The number of fused-ring (bicyclic) bond motifs is 1. The number of ether oxygens (including phenoxy) is 2. The van der Waals surface area contributed by atoms with Crippen LogP contribution in [0.3, 0.4) is 0 Å². The summed E-state index contributed by atoms with van der Waals surface area (Å²) in [7, 11) is 1.58. The molecular weight excluding hydrogens is 304 g/mol. The Morgan fingerprint density at radius 1 is 1.17 bits per heavy atom. The van der Waals surface area contributed by atoms with Crippen molar-refractivity contribution >= 4 is 11.7 Å². The molecule has 5 heteroatoms. The summed E-state index contributed by atoms with van der Waals surface area (Å²) in [5.74, 6) is 1.44. The number of carbonyl (C=O) groups is 1. The number of hydrogen-bond donors (Lipinski definition) is 2. The van der Waals surface area contributed by atoms with E-state index in [1.165, 1.54) is 0 Å². The molecule has 0 saturated carbocycles. The van der Waals surface area contributed by atoms with Crippen LogP contribution in [0.4, 0.5) is 10.5 Å². The van der Waals surface area contributed by atoms with Crippen molar-refractivity contribution in [2.24, 2.45) is 0 Å². The minimum absolute atomic E-state index is 0.111. The van der Waals surface area contributed by atoms with Crippen molar-refractivity contribution in [3.05, 3.63) is 54.1 Å². The van der Waals surface area contributed by atoms with Gasteiger partial charge in [-0.2, -0.15) is 0 Å². The number of methoxy groups -OCH3 is 1. The van der Waals surface area contributed by atoms with E-state index in [2.05, 4.69) is 10.6 Å². The van der Waals surface area contributed by atoms with Crippen molar-refractivity contribution in [1.82, 2.24) is 5.32 Å². The second-order valence-corrected chi connectivity index (χ2v) is 6.46. The lowest BCUT2D eigenvalue weighted by Crippen LogP contribution is -2.42. The first kappa shape index (κ1) is 16.2. The van der Waals surface area contributed by atoms with Gasteiger partial charge in [-0.3, -0.25) is 0 Å². The lowest BCUT2D eigenvalue weighted by Gasteiger charge is -2.37. The van der Waals surface area contributed by atoms with E-state index in [9.17, 15) is 4.79 Å². The molecule has 0 spiro atoms. The van der Waals surface area contributed by atoms with Gasteiger partial charge in [-0.1, -0.05) is 30.3 Å². The lowest BCUT2D eigenvalue weighted by atomic mass is 9.90. The zero-order valence-corrected chi connectivity index (χ0v) is 14.1. The Bertz CT molecular complexity index is 743. The molecule has 1 aliphatic rings. The number of para-hydroxylation sites is 3. The number of rotatable bonds is 3. The summed E-state index contributed by atoms with van der Waals surface area (Å²) in [6.07, 6.45) is 0.698. The standard InChI is InChI=1S/C19H22N2O3/c1-19(2)12-15(13-8-4-6-10-16(13)24-19)21-18(22)20-14-9-5-7-11-17(14)23-3/h4-11,15H,12H2,1-3H3,(H2,20,21,22)/t15-/m1/s1. The quantitative estimate of drug-likeness (QED) is 0.892. The van der Waals surface area contributed by atoms with Gasteiger partial charge in [-0.15, -0.1) is 0 Å². The molecule has 1 heterocycles. The highest BCUT2D eigenvalue weighted by Crippen LogP contribution is 2.39. The van der Waals surface area contributed by atoms with E-state index in [-0.39, 0.29) is 17.7 Å². The maximum atomic E-state index is 12.5. The predicted molar refractivity (Wildman–Crippen MR) is 93.7 cm³/mol. The average molecular weight is 326 g/mol. The van der Waals surface area contributed by atoms with Gasteiger partial charge >= 0.3 is 6.03 Å². The van der Waals surface area contributed by atoms with Crippen LogP contribution in [-0.4, -0.2) is 18.7 Å². The second kappa shape index (κ2) is 6.43. The van der Waals surface area contributed by atoms with Gasteiger partial charge in [-0.05, 0) is 32.0 Å². The van der Waals surface area contributed by atoms with Crippen LogP contribution in [0.15, 0.2) is 48.5 Å². The first-order chi connectivity index (χ1) is 11.5. The molecule has 0 aromatic heterocycles. The molecule has 2 N–H and O–H groups in total. The largest absolute Gasteiger partial charge is 0.495 e. The van der Waals surface area contributed by atoms with Crippen LogP contribution in [0.5, 0.6) is 11.5 Å². The Morgan fingerprint density at radius 3 is 2.67 bits per heavy atom. The van der Waals surface area contributed by atoms with E-state index in [1.807, 2.05) is 56.3 Å². The van der Waals surface area contributed by atoms with E-state index >= 15 is 0 Å². The Morgan fingerprint density at radius 2 is 1.88 bits per heavy atom. The van der Waals surface area contributed by atoms with Crippen molar-refractivity contribution in [1.29, 1.82) is 0 Å². The normalized spacial score (nSPS) is 18.0. The predicted octanol–water partition coefficient (Wildman–Crippen LogP) is 4.12. The summed E-state index contributed by atoms with van der Waals surface area (Å²) in [4.78, 5) is 12.5. The van der Waals surface area contributed by atoms with Crippen LogP contribution in [0.2, 0.25) is 0 Å². The van der Waals surface area contributed by atoms with Gasteiger partial charge in [0, 0.05) is 12.0 Å². The van der Waals surface area contributed by atoms with E-state index in [0.717, 1.165) is 11.3 Å². The second-order valence-electron chi connectivity index (χ2n) is 6.46. The summed E-state index contributed by atoms with van der Waals surface area (Å²) >= 11 is 0. The van der Waals surface area contributed by atoms with Crippen molar-refractivity contribution in [2.45, 2.75) is 31.9 Å². The van der Waals surface area contributed by atoms with Crippen LogP contribution in [-0.2, 0) is 0 Å². The first-order valence-corrected chi connectivity index (χ1v) is 7.97. The van der Waals surface area contributed by atoms with Gasteiger partial charge in [0.15, 0.2) is 0 Å². The third-order valence-corrected chi connectivity index (χ3v) is 4.04. The summed E-state index contributed by atoms with van der Waals surface area (Å²) in [6, 6.07) is 14.8. The van der Waals surface area contributed by atoms with E-state index < -0.39 is 0 Å². The van der Waals surface area contributed by atoms with Crippen LogP contribution in [0, 0.1) is 0 Å². The summed E-state index contributed by atoms with van der Waals surface area (Å²) in [5.41, 5.74) is 1.29. The number of amides is 2. The maximum absolute atomic E-state index is 12.5. The number of hydrogen-bond acceptors (Lipinski definition) is 3. The lowest BCUT2D eigenvalue weighted by molar-refractivity contribution is 0.0683. The molecular formula is C19H22N2O3. The number of carbonyl (C=O) groups excluding carboxylic acids is 1. The monoisotopic (exact) mass is 326 g/mol. The van der Waals surface area contributed by atoms with Crippen LogP contribution >= 0.6 is 0 Å². The Labute approximate surface area is 142 Å². The third kappa shape index (κ3) is 3.45. The molecule has 1 aliphatic heterocycles. The van der Waals surface area contributed by atoms with Crippen molar-refractivity contribution in [3.8, 4) is 11.5 Å². The van der Waals surface area contributed by atoms with E-state index in [1.54, 1.807) is 13.2 Å². The highest BCUT2D eigenvalue weighted by atomic mass is 16.5. The van der Waals surface area contributed by atoms with Crippen LogP contribution in [0.1, 0.15) is 31.9 Å². The molecule has 0 bridgehead atoms. The Kier molecular flexibility index (Phi) is 4.34. The molecule has 0 radical (unpaired) electrons. The molecule has 0 aliphatic carbocycles. The minimum atomic E-state index is -0.337. The fourth-order valence-corrected chi connectivity index (χ4v) is 3.00. The Hall–Kier alpha value is -2.69. The average Bonchev–Trinajstić information content (AvgIpc) is 2.54. The van der Waals surface area contributed by atoms with Crippen molar-refractivity contribution in [3.63, 3.8) is 0 Å². The maximum Gasteiger partial charge on any atom is 0.319 e. The van der Waals surface area contributed by atoms with Crippen LogP contribution < -0.4 is 20.1 Å². The molecule has 3 rings (SSSR count). The molecule has 0 fully saturated rings. The zero-order chi connectivity index (χ0) is 17.2. The van der Waals surface area contributed by atoms with Gasteiger partial charge in [0.1, 0.15) is 17.1 Å². The molecule has 126 valence electrons. The summed E-state index contributed by atoms with van der Waals surface area (Å²) in [5, 5.41) is 5.90. The SMILES string of the molecule is COc1ccccc1NC(=O)N[C@@H]1CC(C)(C)Oc2ccccc21. The van der Waals surface area contributed by atoms with Gasteiger partial charge in [0.2, 0.25) is 0 Å². The van der Waals surface area contributed by atoms with E-state index in [4.69, 9.17) is 9.47 Å².